The van der Waals surface area contributed by atoms with Gasteiger partial charge in [-0.3, -0.25) is 9.69 Å². The molecule has 0 N–H and O–H groups in total. The fraction of sp³-hybridized carbons (Fsp3) is 0.318. The summed E-state index contributed by atoms with van der Waals surface area (Å²) in [6.45, 7) is 18.8. The molecule has 239 valence electrons. The molecule has 0 aromatic heterocycles. The van der Waals surface area contributed by atoms with Crippen molar-refractivity contribution in [3.63, 3.8) is 0 Å². The first-order valence-corrected chi connectivity index (χ1v) is 17.5. The molecule has 1 saturated heterocycles. The summed E-state index contributed by atoms with van der Waals surface area (Å²) in [7, 11) is 0. The highest BCUT2D eigenvalue weighted by Crippen LogP contribution is 2.48. The average Bonchev–Trinajstić information content (AvgIpc) is 3.06. The summed E-state index contributed by atoms with van der Waals surface area (Å²) in [5.74, 6) is 1.33. The van der Waals surface area contributed by atoms with E-state index in [0.717, 1.165) is 17.4 Å². The molecule has 3 heteroatoms. The van der Waals surface area contributed by atoms with Crippen LogP contribution in [0.5, 0.6) is 0 Å². The second-order valence-electron chi connectivity index (χ2n) is 14.7. The number of anilines is 2. The number of carbonyl (C=O) groups excluding carboxylic acids is 1. The summed E-state index contributed by atoms with van der Waals surface area (Å²) in [5.41, 5.74) is 8.45. The molecule has 3 nitrogen and oxygen atoms in total. The molecule has 0 bridgehead atoms. The maximum Gasteiger partial charge on any atom is 0.231 e. The molecular formula is C44H47N2O. The van der Waals surface area contributed by atoms with Crippen LogP contribution in [0.3, 0.4) is 0 Å². The zero-order chi connectivity index (χ0) is 33.1. The molecule has 7 rings (SSSR count). The number of hydrogen-bond acceptors (Lipinski definition) is 2. The van der Waals surface area contributed by atoms with Gasteiger partial charge in [0.1, 0.15) is 0 Å². The lowest BCUT2D eigenvalue weighted by atomic mass is 9.87. The first-order valence-electron chi connectivity index (χ1n) is 17.5. The maximum absolute atomic E-state index is 14.6. The van der Waals surface area contributed by atoms with Gasteiger partial charge in [-0.1, -0.05) is 134 Å². The summed E-state index contributed by atoms with van der Waals surface area (Å²) >= 11 is 0. The van der Waals surface area contributed by atoms with Gasteiger partial charge in [-0.05, 0) is 90.4 Å². The van der Waals surface area contributed by atoms with Gasteiger partial charge >= 0.3 is 0 Å². The van der Waals surface area contributed by atoms with Crippen molar-refractivity contribution in [1.82, 2.24) is 0 Å². The first-order chi connectivity index (χ1) is 22.6. The molecule has 1 amide bonds. The predicted molar refractivity (Wildman–Crippen MR) is 201 cm³/mol. The highest BCUT2D eigenvalue weighted by Gasteiger charge is 2.42. The van der Waals surface area contributed by atoms with Crippen LogP contribution < -0.4 is 9.80 Å². The van der Waals surface area contributed by atoms with Crippen molar-refractivity contribution in [2.45, 2.75) is 85.5 Å². The summed E-state index contributed by atoms with van der Waals surface area (Å²) in [4.78, 5) is 19.2. The van der Waals surface area contributed by atoms with Gasteiger partial charge in [0, 0.05) is 24.2 Å². The molecule has 1 radical (unpaired) electrons. The summed E-state index contributed by atoms with van der Waals surface area (Å²) in [6, 6.07) is 33.6. The van der Waals surface area contributed by atoms with E-state index in [1.807, 2.05) is 0 Å². The second kappa shape index (κ2) is 12.0. The minimum Gasteiger partial charge on any atom is -0.340 e. The molecule has 0 saturated carbocycles. The van der Waals surface area contributed by atoms with Gasteiger partial charge < -0.3 is 4.90 Å². The predicted octanol–water partition coefficient (Wildman–Crippen LogP) is 11.9. The van der Waals surface area contributed by atoms with Gasteiger partial charge in [0.15, 0.2) is 6.17 Å². The monoisotopic (exact) mass is 619 g/mol. The fourth-order valence-corrected chi connectivity index (χ4v) is 7.87. The van der Waals surface area contributed by atoms with Crippen molar-refractivity contribution in [3.05, 3.63) is 125 Å². The Morgan fingerprint density at radius 3 is 1.38 bits per heavy atom. The van der Waals surface area contributed by atoms with Crippen molar-refractivity contribution in [3.8, 4) is 0 Å². The van der Waals surface area contributed by atoms with Crippen LogP contribution in [-0.2, 0) is 4.79 Å². The summed E-state index contributed by atoms with van der Waals surface area (Å²) < 4.78 is 0. The van der Waals surface area contributed by atoms with Crippen LogP contribution in [0.1, 0.15) is 113 Å². The topological polar surface area (TPSA) is 23.6 Å². The van der Waals surface area contributed by atoms with Crippen LogP contribution in [0, 0.1) is 6.17 Å². The number of benzene rings is 6. The lowest BCUT2D eigenvalue weighted by molar-refractivity contribution is -0.118. The van der Waals surface area contributed by atoms with Gasteiger partial charge in [-0.2, -0.15) is 0 Å². The first kappa shape index (κ1) is 31.2. The molecule has 47 heavy (non-hydrogen) atoms. The van der Waals surface area contributed by atoms with E-state index < -0.39 is 0 Å². The number of carbonyl (C=O) groups is 1. The van der Waals surface area contributed by atoms with Crippen LogP contribution in [0.4, 0.5) is 11.4 Å². The van der Waals surface area contributed by atoms with E-state index in [2.05, 4.69) is 156 Å². The Balaban J connectivity index is 1.57. The Bertz CT molecular complexity index is 1990. The normalized spacial score (nSPS) is 14.9. The van der Waals surface area contributed by atoms with Crippen molar-refractivity contribution >= 4 is 49.6 Å². The molecule has 1 aliphatic rings. The number of rotatable bonds is 7. The molecule has 0 atom stereocenters. The van der Waals surface area contributed by atoms with Crippen molar-refractivity contribution in [2.24, 2.45) is 0 Å². The molecule has 6 aromatic rings. The Labute approximate surface area is 280 Å². The van der Waals surface area contributed by atoms with E-state index in [4.69, 9.17) is 0 Å². The van der Waals surface area contributed by atoms with Gasteiger partial charge in [-0.15, -0.1) is 0 Å². The van der Waals surface area contributed by atoms with E-state index in [0.29, 0.717) is 24.8 Å². The van der Waals surface area contributed by atoms with Crippen LogP contribution in [0.25, 0.3) is 32.3 Å². The smallest absolute Gasteiger partial charge is 0.231 e. The van der Waals surface area contributed by atoms with Crippen molar-refractivity contribution in [2.75, 3.05) is 16.3 Å². The van der Waals surface area contributed by atoms with E-state index in [1.165, 1.54) is 60.3 Å². The standard InChI is InChI=1S/C44H47N2O/c1-26(2)35-14-10-15-36(27(3)4)42(35)45-23-22-39(47)46(43-37(28(5)6)16-11-17-38(43)29(7)8)44(45)34-24-32-20-18-30-12-9-13-31-19-21-33(25-34)41(32)40(30)31/h9-21,24-29H,22-23H2,1-8H3. The largest absolute Gasteiger partial charge is 0.340 e. The summed E-state index contributed by atoms with van der Waals surface area (Å²) in [6.07, 6.45) is 1.42. The van der Waals surface area contributed by atoms with E-state index in [1.54, 1.807) is 0 Å². The highest BCUT2D eigenvalue weighted by molar-refractivity contribution is 6.23. The Hall–Kier alpha value is -4.37. The van der Waals surface area contributed by atoms with E-state index in [-0.39, 0.29) is 17.7 Å². The number of amides is 1. The SMILES string of the molecule is CC(C)c1cccc(C(C)C)c1N1CCC(=O)N(c2c(C(C)C)cccc2C(C)C)[C]1c1cc2ccc3cccc4ccc(c1)c2c34. The molecule has 1 aliphatic heterocycles. The zero-order valence-electron chi connectivity index (χ0n) is 29.2. The number of hydrogen-bond donors (Lipinski definition) is 0. The molecule has 1 heterocycles. The van der Waals surface area contributed by atoms with Gasteiger partial charge in [-0.25, -0.2) is 0 Å². The van der Waals surface area contributed by atoms with Gasteiger partial charge in [0.2, 0.25) is 5.91 Å². The number of nitrogens with zero attached hydrogens (tertiary/aromatic N) is 2. The minimum atomic E-state index is 0.157. The molecule has 0 aliphatic carbocycles. The average molecular weight is 620 g/mol. The van der Waals surface area contributed by atoms with Crippen LogP contribution >= 0.6 is 0 Å². The van der Waals surface area contributed by atoms with E-state index >= 15 is 0 Å². The van der Waals surface area contributed by atoms with Crippen LogP contribution in [0.2, 0.25) is 0 Å². The third-order valence-electron chi connectivity index (χ3n) is 10.2. The number of para-hydroxylation sites is 2. The third-order valence-corrected chi connectivity index (χ3v) is 10.2. The Morgan fingerprint density at radius 2 is 0.915 bits per heavy atom. The van der Waals surface area contributed by atoms with Crippen LogP contribution in [-0.4, -0.2) is 12.5 Å². The quantitative estimate of drug-likeness (QED) is 0.166. The van der Waals surface area contributed by atoms with Crippen molar-refractivity contribution in [1.29, 1.82) is 0 Å². The molecule has 0 spiro atoms. The molecule has 6 aromatic carbocycles. The Morgan fingerprint density at radius 1 is 0.511 bits per heavy atom. The molecular weight excluding hydrogens is 572 g/mol. The lowest BCUT2D eigenvalue weighted by Crippen LogP contribution is -2.53. The molecule has 0 unspecified atom stereocenters. The molecule has 1 fully saturated rings. The fourth-order valence-electron chi connectivity index (χ4n) is 7.87. The maximum atomic E-state index is 14.6. The van der Waals surface area contributed by atoms with E-state index in [9.17, 15) is 4.79 Å². The minimum absolute atomic E-state index is 0.157. The van der Waals surface area contributed by atoms with Crippen LogP contribution in [0.15, 0.2) is 91.0 Å². The highest BCUT2D eigenvalue weighted by atomic mass is 16.2. The third kappa shape index (κ3) is 5.15. The van der Waals surface area contributed by atoms with Gasteiger partial charge in [0.05, 0.1) is 5.69 Å². The Kier molecular flexibility index (Phi) is 7.99. The second-order valence-corrected chi connectivity index (χ2v) is 14.7. The summed E-state index contributed by atoms with van der Waals surface area (Å²) in [5, 5.41) is 7.53. The van der Waals surface area contributed by atoms with Crippen molar-refractivity contribution < 1.29 is 4.79 Å². The zero-order valence-corrected chi connectivity index (χ0v) is 29.2. The van der Waals surface area contributed by atoms with Gasteiger partial charge in [0.25, 0.3) is 0 Å². The lowest BCUT2D eigenvalue weighted by Gasteiger charge is -2.47.